The van der Waals surface area contributed by atoms with Gasteiger partial charge < -0.3 is 16.2 Å². The number of pyridine rings is 1. The van der Waals surface area contributed by atoms with Crippen molar-refractivity contribution in [3.63, 3.8) is 0 Å². The summed E-state index contributed by atoms with van der Waals surface area (Å²) in [6.45, 7) is 4.27. The van der Waals surface area contributed by atoms with Gasteiger partial charge in [0.1, 0.15) is 5.82 Å². The van der Waals surface area contributed by atoms with Crippen LogP contribution in [0.2, 0.25) is 0 Å². The van der Waals surface area contributed by atoms with Gasteiger partial charge in [0.2, 0.25) is 0 Å². The van der Waals surface area contributed by atoms with E-state index in [9.17, 15) is 4.79 Å². The molecule has 1 rings (SSSR count). The summed E-state index contributed by atoms with van der Waals surface area (Å²) in [6.07, 6.45) is 7.29. The topological polar surface area (TPSA) is 88.2 Å². The third-order valence-corrected chi connectivity index (χ3v) is 3.04. The number of nitrogens with one attached hydrogen (secondary N) is 1. The van der Waals surface area contributed by atoms with E-state index in [-0.39, 0.29) is 11.6 Å². The Hall–Kier alpha value is -1.78. The second kappa shape index (κ2) is 7.61. The van der Waals surface area contributed by atoms with E-state index in [1.54, 1.807) is 0 Å². The van der Waals surface area contributed by atoms with Crippen molar-refractivity contribution >= 4 is 17.5 Å². The molecule has 0 aliphatic carbocycles. The molecule has 1 heterocycles. The Labute approximate surface area is 114 Å². The maximum atomic E-state index is 10.8. The first-order valence-corrected chi connectivity index (χ1v) is 6.80. The van der Waals surface area contributed by atoms with Gasteiger partial charge in [-0.25, -0.2) is 9.78 Å². The van der Waals surface area contributed by atoms with Crippen LogP contribution in [0, 0.1) is 0 Å². The van der Waals surface area contributed by atoms with Crippen molar-refractivity contribution in [3.05, 3.63) is 17.8 Å². The highest BCUT2D eigenvalue weighted by Crippen LogP contribution is 2.18. The summed E-state index contributed by atoms with van der Waals surface area (Å²) in [5.74, 6) is -0.452. The van der Waals surface area contributed by atoms with Gasteiger partial charge in [-0.15, -0.1) is 0 Å². The van der Waals surface area contributed by atoms with Crippen LogP contribution in [-0.4, -0.2) is 22.1 Å². The van der Waals surface area contributed by atoms with E-state index in [2.05, 4.69) is 24.1 Å². The van der Waals surface area contributed by atoms with Gasteiger partial charge in [-0.1, -0.05) is 32.6 Å². The maximum absolute atomic E-state index is 10.8. The van der Waals surface area contributed by atoms with Crippen LogP contribution in [0.4, 0.5) is 11.5 Å². The first-order chi connectivity index (χ1) is 9.04. The molecule has 0 amide bonds. The highest BCUT2D eigenvalue weighted by atomic mass is 16.4. The number of anilines is 2. The summed E-state index contributed by atoms with van der Waals surface area (Å²) in [5, 5.41) is 12.1. The van der Waals surface area contributed by atoms with E-state index in [0.29, 0.717) is 11.5 Å². The van der Waals surface area contributed by atoms with E-state index in [1.165, 1.54) is 37.9 Å². The number of rotatable bonds is 8. The summed E-state index contributed by atoms with van der Waals surface area (Å²) in [6, 6.07) is 1.71. The van der Waals surface area contributed by atoms with Crippen LogP contribution < -0.4 is 11.1 Å². The Morgan fingerprint density at radius 2 is 2.21 bits per heavy atom. The van der Waals surface area contributed by atoms with E-state index in [4.69, 9.17) is 10.8 Å². The van der Waals surface area contributed by atoms with Crippen molar-refractivity contribution in [2.24, 2.45) is 0 Å². The number of nitrogens with two attached hydrogens (primary N) is 1. The molecule has 106 valence electrons. The van der Waals surface area contributed by atoms with Gasteiger partial charge in [-0.3, -0.25) is 0 Å². The molecular weight excluding hydrogens is 242 g/mol. The highest BCUT2D eigenvalue weighted by Gasteiger charge is 2.09. The monoisotopic (exact) mass is 265 g/mol. The molecule has 1 aromatic heterocycles. The molecule has 0 aliphatic rings. The lowest BCUT2D eigenvalue weighted by atomic mass is 10.1. The van der Waals surface area contributed by atoms with Crippen molar-refractivity contribution in [2.45, 2.75) is 52.0 Å². The Kier molecular flexibility index (Phi) is 6.12. The minimum Gasteiger partial charge on any atom is -0.478 e. The fraction of sp³-hybridized carbons (Fsp3) is 0.571. The second-order valence-corrected chi connectivity index (χ2v) is 4.86. The number of carboxylic acid groups (broad SMARTS) is 1. The number of aromatic nitrogens is 1. The molecule has 0 saturated carbocycles. The molecule has 0 aromatic carbocycles. The van der Waals surface area contributed by atoms with Crippen LogP contribution in [0.1, 0.15) is 56.3 Å². The Balaban J connectivity index is 2.50. The summed E-state index contributed by atoms with van der Waals surface area (Å²) in [7, 11) is 0. The smallest absolute Gasteiger partial charge is 0.337 e. The molecular formula is C14H23N3O2. The van der Waals surface area contributed by atoms with Gasteiger partial charge in [-0.05, 0) is 19.4 Å². The average Bonchev–Trinajstić information content (AvgIpc) is 2.37. The summed E-state index contributed by atoms with van der Waals surface area (Å²) in [4.78, 5) is 14.8. The molecule has 1 atom stereocenters. The highest BCUT2D eigenvalue weighted by molar-refractivity contribution is 5.89. The van der Waals surface area contributed by atoms with Crippen LogP contribution in [0.25, 0.3) is 0 Å². The second-order valence-electron chi connectivity index (χ2n) is 4.86. The fourth-order valence-corrected chi connectivity index (χ4v) is 1.90. The predicted molar refractivity (Wildman–Crippen MR) is 77.5 cm³/mol. The first kappa shape index (κ1) is 15.3. The number of hydrogen-bond donors (Lipinski definition) is 3. The van der Waals surface area contributed by atoms with Crippen LogP contribution >= 0.6 is 0 Å². The Morgan fingerprint density at radius 1 is 1.47 bits per heavy atom. The summed E-state index contributed by atoms with van der Waals surface area (Å²) in [5.41, 5.74) is 6.28. The zero-order valence-corrected chi connectivity index (χ0v) is 11.6. The lowest BCUT2D eigenvalue weighted by Gasteiger charge is -2.15. The van der Waals surface area contributed by atoms with Crippen molar-refractivity contribution < 1.29 is 9.90 Å². The largest absolute Gasteiger partial charge is 0.478 e. The minimum absolute atomic E-state index is 0.110. The van der Waals surface area contributed by atoms with E-state index in [1.807, 2.05) is 0 Å². The third-order valence-electron chi connectivity index (χ3n) is 3.04. The van der Waals surface area contributed by atoms with Gasteiger partial charge in [0.15, 0.2) is 0 Å². The average molecular weight is 265 g/mol. The van der Waals surface area contributed by atoms with Crippen molar-refractivity contribution in [3.8, 4) is 0 Å². The zero-order chi connectivity index (χ0) is 14.3. The quantitative estimate of drug-likeness (QED) is 0.628. The molecule has 1 aromatic rings. The summed E-state index contributed by atoms with van der Waals surface area (Å²) >= 11 is 0. The summed E-state index contributed by atoms with van der Waals surface area (Å²) < 4.78 is 0. The maximum Gasteiger partial charge on any atom is 0.337 e. The van der Waals surface area contributed by atoms with E-state index < -0.39 is 5.97 Å². The zero-order valence-electron chi connectivity index (χ0n) is 11.6. The standard InChI is InChI=1S/C14H23N3O2/c1-3-4-5-6-7-10(2)17-13-12(15)8-11(9-16-13)14(18)19/h8-10H,3-7,15H2,1-2H3,(H,16,17)(H,18,19). The third kappa shape index (κ3) is 5.16. The molecule has 4 N–H and O–H groups in total. The van der Waals surface area contributed by atoms with Crippen LogP contribution in [0.5, 0.6) is 0 Å². The first-order valence-electron chi connectivity index (χ1n) is 6.80. The number of carbonyl (C=O) groups is 1. The molecule has 5 nitrogen and oxygen atoms in total. The van der Waals surface area contributed by atoms with Gasteiger partial charge >= 0.3 is 5.97 Å². The molecule has 19 heavy (non-hydrogen) atoms. The van der Waals surface area contributed by atoms with E-state index >= 15 is 0 Å². The lowest BCUT2D eigenvalue weighted by molar-refractivity contribution is 0.0696. The SMILES string of the molecule is CCCCCCC(C)Nc1ncc(C(=O)O)cc1N. The number of unbranched alkanes of at least 4 members (excludes halogenated alkanes) is 3. The number of nitrogen functional groups attached to an aromatic ring is 1. The number of hydrogen-bond acceptors (Lipinski definition) is 4. The van der Waals surface area contributed by atoms with Gasteiger partial charge in [0.05, 0.1) is 11.3 Å². The fourth-order valence-electron chi connectivity index (χ4n) is 1.90. The molecule has 5 heteroatoms. The lowest BCUT2D eigenvalue weighted by Crippen LogP contribution is -2.17. The molecule has 0 saturated heterocycles. The molecule has 0 bridgehead atoms. The van der Waals surface area contributed by atoms with E-state index in [0.717, 1.165) is 6.42 Å². The van der Waals surface area contributed by atoms with Gasteiger partial charge in [0.25, 0.3) is 0 Å². The van der Waals surface area contributed by atoms with Gasteiger partial charge in [-0.2, -0.15) is 0 Å². The molecule has 0 radical (unpaired) electrons. The molecule has 1 unspecified atom stereocenters. The van der Waals surface area contributed by atoms with Crippen molar-refractivity contribution in [1.29, 1.82) is 0 Å². The van der Waals surface area contributed by atoms with Crippen LogP contribution in [0.15, 0.2) is 12.3 Å². The number of carboxylic acids is 1. The Bertz CT molecular complexity index is 421. The van der Waals surface area contributed by atoms with Crippen molar-refractivity contribution in [1.82, 2.24) is 4.98 Å². The Morgan fingerprint density at radius 3 is 2.79 bits per heavy atom. The molecule has 0 spiro atoms. The van der Waals surface area contributed by atoms with Gasteiger partial charge in [0, 0.05) is 12.2 Å². The van der Waals surface area contributed by atoms with Crippen LogP contribution in [0.3, 0.4) is 0 Å². The minimum atomic E-state index is -1.02. The number of nitrogens with zero attached hydrogens (tertiary/aromatic N) is 1. The molecule has 0 aliphatic heterocycles. The number of aromatic carboxylic acids is 1. The van der Waals surface area contributed by atoms with Crippen LogP contribution in [-0.2, 0) is 0 Å². The predicted octanol–water partition coefficient (Wildman–Crippen LogP) is 3.13. The normalized spacial score (nSPS) is 12.1. The molecule has 0 fully saturated rings. The van der Waals surface area contributed by atoms with Crippen molar-refractivity contribution in [2.75, 3.05) is 11.1 Å².